The zero-order chi connectivity index (χ0) is 21.8. The summed E-state index contributed by atoms with van der Waals surface area (Å²) in [5.74, 6) is 3.03. The predicted octanol–water partition coefficient (Wildman–Crippen LogP) is 3.56. The number of amidine groups is 1. The highest BCUT2D eigenvalue weighted by Crippen LogP contribution is 2.28. The second kappa shape index (κ2) is 8.96. The molecule has 3 aromatic rings. The Hall–Kier alpha value is -3.73. The molecule has 4 N–H and O–H groups in total. The van der Waals surface area contributed by atoms with Crippen LogP contribution in [0.25, 0.3) is 11.1 Å². The minimum Gasteiger partial charge on any atom is -0.383 e. The number of benzene rings is 1. The van der Waals surface area contributed by atoms with E-state index in [4.69, 9.17) is 16.3 Å². The van der Waals surface area contributed by atoms with Crippen LogP contribution >= 0.6 is 0 Å². The third-order valence-electron chi connectivity index (χ3n) is 4.97. The number of hydrogen-bond acceptors (Lipinski definition) is 6. The number of rotatable bonds is 4. The summed E-state index contributed by atoms with van der Waals surface area (Å²) < 4.78 is 35.0. The normalized spacial score (nSPS) is 15.6. The van der Waals surface area contributed by atoms with Gasteiger partial charge in [-0.15, -0.1) is 5.11 Å². The number of nitrogen functional groups attached to an aromatic ring is 1. The van der Waals surface area contributed by atoms with E-state index in [0.717, 1.165) is 24.5 Å². The van der Waals surface area contributed by atoms with Crippen LogP contribution in [0, 0.1) is 11.6 Å². The number of halogens is 2. The summed E-state index contributed by atoms with van der Waals surface area (Å²) in [5.41, 5.74) is 7.52. The van der Waals surface area contributed by atoms with Gasteiger partial charge in [-0.25, -0.2) is 18.8 Å². The number of hydrogen-bond donors (Lipinski definition) is 2. The lowest BCUT2D eigenvalue weighted by molar-refractivity contribution is 0.0662. The highest BCUT2D eigenvalue weighted by atomic mass is 19.2. The molecule has 3 heterocycles. The van der Waals surface area contributed by atoms with Crippen molar-refractivity contribution in [2.75, 3.05) is 18.9 Å². The van der Waals surface area contributed by atoms with E-state index in [2.05, 4.69) is 25.4 Å². The molecule has 0 atom stereocenters. The number of nitrogens with zero attached hydrogens (tertiary/aromatic N) is 6. The van der Waals surface area contributed by atoms with E-state index in [1.807, 2.05) is 10.9 Å². The summed E-state index contributed by atoms with van der Waals surface area (Å²) >= 11 is 0. The number of pyridine rings is 1. The Bertz CT molecular complexity index is 1140. The number of aromatic nitrogens is 3. The Kier molecular flexibility index (Phi) is 5.94. The van der Waals surface area contributed by atoms with Crippen molar-refractivity contribution in [2.24, 2.45) is 21.2 Å². The van der Waals surface area contributed by atoms with Crippen LogP contribution in [-0.4, -0.2) is 33.8 Å². The maximum atomic E-state index is 14.1. The smallest absolute Gasteiger partial charge is 0.187 e. The van der Waals surface area contributed by atoms with Crippen LogP contribution < -0.4 is 11.6 Å². The number of ether oxygens (including phenoxy) is 1. The van der Waals surface area contributed by atoms with Gasteiger partial charge in [-0.05, 0) is 31.0 Å². The molecule has 2 aromatic heterocycles. The molecule has 1 saturated heterocycles. The van der Waals surface area contributed by atoms with Crippen molar-refractivity contribution in [3.8, 4) is 11.1 Å². The second-order valence-electron chi connectivity index (χ2n) is 6.93. The third kappa shape index (κ3) is 4.40. The molecule has 4 rings (SSSR count). The third-order valence-corrected chi connectivity index (χ3v) is 4.97. The van der Waals surface area contributed by atoms with E-state index < -0.39 is 11.6 Å². The van der Waals surface area contributed by atoms with E-state index in [1.165, 1.54) is 12.1 Å². The molecule has 0 unspecified atom stereocenters. The number of anilines is 1. The molecule has 31 heavy (non-hydrogen) atoms. The molecule has 0 radical (unpaired) electrons. The Morgan fingerprint density at radius 2 is 1.97 bits per heavy atom. The van der Waals surface area contributed by atoms with E-state index in [-0.39, 0.29) is 28.9 Å². The lowest BCUT2D eigenvalue weighted by atomic mass is 10.1. The van der Waals surface area contributed by atoms with Gasteiger partial charge in [0.1, 0.15) is 11.5 Å². The summed E-state index contributed by atoms with van der Waals surface area (Å²) in [6.07, 6.45) is 7.00. The van der Waals surface area contributed by atoms with Crippen LogP contribution in [0.2, 0.25) is 0 Å². The van der Waals surface area contributed by atoms with Crippen LogP contribution in [0.4, 0.5) is 20.3 Å². The first-order valence-electron chi connectivity index (χ1n) is 9.58. The molecule has 11 heteroatoms. The fraction of sp³-hybridized carbons (Fsp3) is 0.250. The highest BCUT2D eigenvalue weighted by Gasteiger charge is 2.18. The van der Waals surface area contributed by atoms with Gasteiger partial charge in [-0.3, -0.25) is 4.68 Å². The van der Waals surface area contributed by atoms with Crippen molar-refractivity contribution in [1.82, 2.24) is 14.8 Å². The van der Waals surface area contributed by atoms with Gasteiger partial charge in [0.2, 0.25) is 0 Å². The number of nitrogens with two attached hydrogens (primary N) is 2. The van der Waals surface area contributed by atoms with Gasteiger partial charge in [0.15, 0.2) is 17.5 Å². The molecule has 1 aliphatic heterocycles. The minimum atomic E-state index is -1.12. The zero-order valence-corrected chi connectivity index (χ0v) is 16.4. The Balaban J connectivity index is 1.71. The summed E-state index contributed by atoms with van der Waals surface area (Å²) in [7, 11) is 0. The van der Waals surface area contributed by atoms with E-state index in [0.29, 0.717) is 18.8 Å². The SMILES string of the molecule is NN=NC(=Nc1cccc(F)c1F)c1cc(-c2cnn(C3CCOCC3)c2)cnc1N. The van der Waals surface area contributed by atoms with Gasteiger partial charge in [0.05, 0.1) is 17.8 Å². The molecule has 1 aromatic carbocycles. The van der Waals surface area contributed by atoms with Crippen LogP contribution in [0.1, 0.15) is 24.4 Å². The van der Waals surface area contributed by atoms with E-state index >= 15 is 0 Å². The van der Waals surface area contributed by atoms with Crippen LogP contribution in [-0.2, 0) is 4.74 Å². The van der Waals surface area contributed by atoms with Crippen LogP contribution in [0.15, 0.2) is 58.2 Å². The summed E-state index contributed by atoms with van der Waals surface area (Å²) in [4.78, 5) is 8.25. The minimum absolute atomic E-state index is 0.0866. The van der Waals surface area contributed by atoms with Gasteiger partial charge in [0.25, 0.3) is 0 Å². The second-order valence-corrected chi connectivity index (χ2v) is 6.93. The number of aliphatic imine (C=N–C) groups is 1. The Morgan fingerprint density at radius 3 is 2.74 bits per heavy atom. The lowest BCUT2D eigenvalue weighted by Gasteiger charge is -2.22. The molecule has 0 bridgehead atoms. The summed E-state index contributed by atoms with van der Waals surface area (Å²) in [6.45, 7) is 1.40. The van der Waals surface area contributed by atoms with Crippen molar-refractivity contribution < 1.29 is 13.5 Å². The van der Waals surface area contributed by atoms with Crippen molar-refractivity contribution >= 4 is 17.3 Å². The van der Waals surface area contributed by atoms with Crippen molar-refractivity contribution in [3.63, 3.8) is 0 Å². The van der Waals surface area contributed by atoms with Gasteiger partial charge in [0, 0.05) is 36.7 Å². The van der Waals surface area contributed by atoms with E-state index in [9.17, 15) is 8.78 Å². The molecule has 0 saturated carbocycles. The van der Waals surface area contributed by atoms with Crippen LogP contribution in [0.5, 0.6) is 0 Å². The fourth-order valence-electron chi connectivity index (χ4n) is 3.33. The van der Waals surface area contributed by atoms with Gasteiger partial charge >= 0.3 is 0 Å². The van der Waals surface area contributed by atoms with Crippen molar-refractivity contribution in [1.29, 1.82) is 0 Å². The van der Waals surface area contributed by atoms with Crippen LogP contribution in [0.3, 0.4) is 0 Å². The van der Waals surface area contributed by atoms with Gasteiger partial charge in [-0.1, -0.05) is 11.3 Å². The average Bonchev–Trinajstić information content (AvgIpc) is 3.28. The molecular weight excluding hydrogens is 406 g/mol. The Morgan fingerprint density at radius 1 is 1.16 bits per heavy atom. The monoisotopic (exact) mass is 426 g/mol. The standard InChI is InChI=1S/C20H20F2N8O/c21-16-2-1-3-17(18(16)22)27-20(28-29-24)15-8-12(9-25-19(15)23)13-10-26-30(11-13)14-4-6-31-7-5-14/h1-3,8-11,14H,4-7H2,(H2,23,25)(H2,24,27,28). The van der Waals surface area contributed by atoms with Gasteiger partial charge < -0.3 is 16.3 Å². The predicted molar refractivity (Wildman–Crippen MR) is 111 cm³/mol. The summed E-state index contributed by atoms with van der Waals surface area (Å²) in [6, 6.07) is 5.57. The highest BCUT2D eigenvalue weighted by molar-refractivity contribution is 6.04. The zero-order valence-electron chi connectivity index (χ0n) is 16.4. The van der Waals surface area contributed by atoms with Gasteiger partial charge in [-0.2, -0.15) is 5.10 Å². The average molecular weight is 426 g/mol. The first-order chi connectivity index (χ1) is 15.1. The molecule has 9 nitrogen and oxygen atoms in total. The van der Waals surface area contributed by atoms with E-state index in [1.54, 1.807) is 18.5 Å². The molecular formula is C20H20F2N8O. The molecule has 1 fully saturated rings. The lowest BCUT2D eigenvalue weighted by Crippen LogP contribution is -2.19. The molecule has 0 aliphatic carbocycles. The molecule has 0 amide bonds. The Labute approximate surface area is 176 Å². The molecule has 160 valence electrons. The maximum absolute atomic E-state index is 14.1. The first kappa shape index (κ1) is 20.5. The molecule has 1 aliphatic rings. The summed E-state index contributed by atoms with van der Waals surface area (Å²) in [5, 5.41) is 11.4. The fourth-order valence-corrected chi connectivity index (χ4v) is 3.33. The first-order valence-corrected chi connectivity index (χ1v) is 9.58. The largest absolute Gasteiger partial charge is 0.383 e. The van der Waals surface area contributed by atoms with Crippen molar-refractivity contribution in [3.05, 3.63) is 60.1 Å². The topological polar surface area (TPSA) is 129 Å². The molecule has 0 spiro atoms. The van der Waals surface area contributed by atoms with Crippen molar-refractivity contribution in [2.45, 2.75) is 18.9 Å². The quantitative estimate of drug-likeness (QED) is 0.217. The maximum Gasteiger partial charge on any atom is 0.187 e.